The molecule has 0 saturated heterocycles. The first-order chi connectivity index (χ1) is 19.8. The number of nitrogens with zero attached hydrogens (tertiary/aromatic N) is 1. The van der Waals surface area contributed by atoms with E-state index in [4.69, 9.17) is 16.3 Å². The van der Waals surface area contributed by atoms with Gasteiger partial charge >= 0.3 is 0 Å². The number of carbonyl (C=O) groups is 1. The van der Waals surface area contributed by atoms with Crippen molar-refractivity contribution in [3.05, 3.63) is 70.3 Å². The van der Waals surface area contributed by atoms with Gasteiger partial charge in [0.05, 0.1) is 23.6 Å². The molecule has 2 aromatic carbocycles. The third-order valence-electron chi connectivity index (χ3n) is 10.0. The maximum Gasteiger partial charge on any atom is 0.263 e. The largest absolute Gasteiger partial charge is 0.490 e. The van der Waals surface area contributed by atoms with Crippen LogP contribution in [0.25, 0.3) is 0 Å². The van der Waals surface area contributed by atoms with Gasteiger partial charge in [0.2, 0.25) is 0 Å². The Balaban J connectivity index is 1.42. The molecular formula is C33H41ClN2O4S. The molecule has 7 atom stereocenters. The summed E-state index contributed by atoms with van der Waals surface area (Å²) in [5, 5.41) is 11.8. The van der Waals surface area contributed by atoms with E-state index in [-0.39, 0.29) is 22.5 Å². The van der Waals surface area contributed by atoms with E-state index in [9.17, 15) is 14.1 Å². The average Bonchev–Trinajstić information content (AvgIpc) is 3.10. The Bertz CT molecular complexity index is 1360. The van der Waals surface area contributed by atoms with Crippen LogP contribution in [-0.4, -0.2) is 46.3 Å². The second-order valence-corrected chi connectivity index (χ2v) is 14.5. The zero-order valence-electron chi connectivity index (χ0n) is 24.0. The molecule has 2 bridgehead atoms. The normalized spacial score (nSPS) is 34.3. The summed E-state index contributed by atoms with van der Waals surface area (Å²) in [4.78, 5) is 15.8. The summed E-state index contributed by atoms with van der Waals surface area (Å²) in [7, 11) is -1.52. The molecular weight excluding hydrogens is 556 g/mol. The standard InChI is InChI=1S/C33H41ClN2O4S/c1-3-25-8-4-5-9-30(37)26-15-21(2)27(26)18-36-19-33(14-6-7-22-16-24(34)11-12-28(22)33)20-40-31-13-10-23(17-29(31)36)32(38)35-41(25)39/h4-5,10-13,16-17,21,25-27,30,37H,3,6-9,14-15,18-20H2,1-2H3,(H,35,38)/b5-4+/t21?,25-,26?,27?,30?,33?,41?/m0/s1. The summed E-state index contributed by atoms with van der Waals surface area (Å²) in [6.07, 6.45) is 9.58. The van der Waals surface area contributed by atoms with E-state index in [0.717, 1.165) is 55.2 Å². The van der Waals surface area contributed by atoms with Crippen LogP contribution in [-0.2, 0) is 22.8 Å². The number of aliphatic hydroxyl groups excluding tert-OH is 1. The molecule has 0 aromatic heterocycles. The van der Waals surface area contributed by atoms with E-state index < -0.39 is 17.1 Å². The first kappa shape index (κ1) is 28.8. The predicted octanol–water partition coefficient (Wildman–Crippen LogP) is 5.97. The zero-order valence-corrected chi connectivity index (χ0v) is 25.6. The van der Waals surface area contributed by atoms with E-state index in [1.54, 1.807) is 6.07 Å². The van der Waals surface area contributed by atoms with Crippen LogP contribution in [0.5, 0.6) is 5.75 Å². The van der Waals surface area contributed by atoms with Crippen molar-refractivity contribution in [3.8, 4) is 5.75 Å². The Morgan fingerprint density at radius 2 is 2.00 bits per heavy atom. The van der Waals surface area contributed by atoms with Crippen LogP contribution in [0.1, 0.15) is 73.9 Å². The summed E-state index contributed by atoms with van der Waals surface area (Å²) in [5.41, 5.74) is 3.76. The van der Waals surface area contributed by atoms with Crippen LogP contribution in [0.4, 0.5) is 5.69 Å². The van der Waals surface area contributed by atoms with Crippen molar-refractivity contribution in [2.24, 2.45) is 17.8 Å². The summed E-state index contributed by atoms with van der Waals surface area (Å²) < 4.78 is 22.4. The van der Waals surface area contributed by atoms with Crippen molar-refractivity contribution in [2.75, 3.05) is 24.6 Å². The number of aryl methyl sites for hydroxylation is 1. The Hall–Kier alpha value is -2.35. The molecule has 1 saturated carbocycles. The number of amides is 1. The van der Waals surface area contributed by atoms with Gasteiger partial charge in [-0.1, -0.05) is 43.7 Å². The number of nitrogens with one attached hydrogen (secondary N) is 1. The van der Waals surface area contributed by atoms with Crippen molar-refractivity contribution in [2.45, 2.75) is 75.6 Å². The van der Waals surface area contributed by atoms with Crippen molar-refractivity contribution in [3.63, 3.8) is 0 Å². The predicted molar refractivity (Wildman–Crippen MR) is 165 cm³/mol. The molecule has 1 fully saturated rings. The van der Waals surface area contributed by atoms with Crippen LogP contribution in [0.3, 0.4) is 0 Å². The first-order valence-electron chi connectivity index (χ1n) is 15.1. The molecule has 8 heteroatoms. The Labute approximate surface area is 251 Å². The number of hydrogen-bond acceptors (Lipinski definition) is 5. The quantitative estimate of drug-likeness (QED) is 0.397. The number of aliphatic hydroxyl groups is 1. The van der Waals surface area contributed by atoms with Gasteiger partial charge in [-0.25, -0.2) is 4.21 Å². The lowest BCUT2D eigenvalue weighted by Crippen LogP contribution is -2.52. The molecule has 6 rings (SSSR count). The molecule has 2 aromatic rings. The third-order valence-corrected chi connectivity index (χ3v) is 11.8. The van der Waals surface area contributed by atoms with Gasteiger partial charge in [0.25, 0.3) is 5.91 Å². The fourth-order valence-electron chi connectivity index (χ4n) is 7.57. The molecule has 0 radical (unpaired) electrons. The van der Waals surface area contributed by atoms with Gasteiger partial charge in [-0.2, -0.15) is 0 Å². The maximum absolute atomic E-state index is 13.3. The first-order valence-corrected chi connectivity index (χ1v) is 16.7. The summed E-state index contributed by atoms with van der Waals surface area (Å²) in [6.45, 7) is 6.37. The van der Waals surface area contributed by atoms with E-state index in [1.807, 2.05) is 37.3 Å². The zero-order chi connectivity index (χ0) is 28.7. The van der Waals surface area contributed by atoms with Crippen molar-refractivity contribution in [1.82, 2.24) is 4.72 Å². The summed E-state index contributed by atoms with van der Waals surface area (Å²) in [6, 6.07) is 11.8. The number of fused-ring (bicyclic) bond motifs is 4. The number of ether oxygens (including phenoxy) is 1. The molecule has 1 amide bonds. The van der Waals surface area contributed by atoms with Crippen molar-refractivity contribution >= 4 is 34.2 Å². The number of hydrogen-bond donors (Lipinski definition) is 2. The van der Waals surface area contributed by atoms with E-state index >= 15 is 0 Å². The molecule has 6 unspecified atom stereocenters. The number of benzene rings is 2. The number of allylic oxidation sites excluding steroid dienone is 1. The fourth-order valence-corrected chi connectivity index (χ4v) is 8.82. The Kier molecular flexibility index (Phi) is 8.23. The van der Waals surface area contributed by atoms with Crippen molar-refractivity contribution in [1.29, 1.82) is 0 Å². The minimum absolute atomic E-state index is 0.183. The van der Waals surface area contributed by atoms with Crippen LogP contribution in [0.15, 0.2) is 48.6 Å². The topological polar surface area (TPSA) is 78.9 Å². The van der Waals surface area contributed by atoms with Crippen LogP contribution in [0, 0.1) is 17.8 Å². The monoisotopic (exact) mass is 596 g/mol. The molecule has 41 heavy (non-hydrogen) atoms. The molecule has 2 aliphatic heterocycles. The second kappa shape index (κ2) is 11.7. The number of halogens is 1. The lowest BCUT2D eigenvalue weighted by molar-refractivity contribution is -0.0223. The van der Waals surface area contributed by atoms with Crippen LogP contribution in [0.2, 0.25) is 5.02 Å². The maximum atomic E-state index is 13.3. The van der Waals surface area contributed by atoms with Gasteiger partial charge in [0.15, 0.2) is 0 Å². The lowest BCUT2D eigenvalue weighted by atomic mass is 9.62. The van der Waals surface area contributed by atoms with Crippen LogP contribution < -0.4 is 14.4 Å². The second-order valence-electron chi connectivity index (χ2n) is 12.6. The smallest absolute Gasteiger partial charge is 0.263 e. The van der Waals surface area contributed by atoms with Gasteiger partial charge in [-0.05, 0) is 104 Å². The van der Waals surface area contributed by atoms with Crippen LogP contribution >= 0.6 is 11.6 Å². The molecule has 220 valence electrons. The highest BCUT2D eigenvalue weighted by Gasteiger charge is 2.46. The van der Waals surface area contributed by atoms with Gasteiger partial charge in [-0.3, -0.25) is 9.52 Å². The van der Waals surface area contributed by atoms with E-state index in [2.05, 4.69) is 28.7 Å². The number of anilines is 1. The van der Waals surface area contributed by atoms with Gasteiger partial charge < -0.3 is 14.7 Å². The van der Waals surface area contributed by atoms with Gasteiger partial charge in [0, 0.05) is 29.1 Å². The SMILES string of the molecule is CC[C@H]1C/C=C/CC(O)C2CC(C)C2CN2CC3(CCCc4cc(Cl)ccc43)COc3ccc(cc32)C(=O)NS1=O. The minimum atomic E-state index is -1.52. The van der Waals surface area contributed by atoms with Crippen molar-refractivity contribution < 1.29 is 18.8 Å². The van der Waals surface area contributed by atoms with Gasteiger partial charge in [0.1, 0.15) is 16.7 Å². The summed E-state index contributed by atoms with van der Waals surface area (Å²) >= 11 is 6.41. The molecule has 2 heterocycles. The average molecular weight is 597 g/mol. The molecule has 6 nitrogen and oxygen atoms in total. The highest BCUT2D eigenvalue weighted by Crippen LogP contribution is 2.48. The molecule has 2 N–H and O–H groups in total. The Morgan fingerprint density at radius 1 is 1.17 bits per heavy atom. The molecule has 2 aliphatic carbocycles. The van der Waals surface area contributed by atoms with E-state index in [0.29, 0.717) is 43.3 Å². The molecule has 4 aliphatic rings. The van der Waals surface area contributed by atoms with Gasteiger partial charge in [-0.15, -0.1) is 0 Å². The minimum Gasteiger partial charge on any atom is -0.490 e. The third kappa shape index (κ3) is 5.57. The lowest BCUT2D eigenvalue weighted by Gasteiger charge is -2.49. The number of carbonyl (C=O) groups excluding carboxylic acids is 1. The summed E-state index contributed by atoms with van der Waals surface area (Å²) in [5.74, 6) is 1.47. The number of rotatable bonds is 1. The molecule has 1 spiro atoms. The fraction of sp³-hybridized carbons (Fsp3) is 0.545. The highest BCUT2D eigenvalue weighted by atomic mass is 35.5. The Morgan fingerprint density at radius 3 is 2.80 bits per heavy atom. The highest BCUT2D eigenvalue weighted by molar-refractivity contribution is 7.84. The van der Waals surface area contributed by atoms with E-state index in [1.165, 1.54) is 11.1 Å².